The molecule has 5 heteroatoms. The van der Waals surface area contributed by atoms with Crippen LogP contribution in [0.5, 0.6) is 5.88 Å². The highest BCUT2D eigenvalue weighted by molar-refractivity contribution is 5.67. The fourth-order valence-corrected chi connectivity index (χ4v) is 1.93. The summed E-state index contributed by atoms with van der Waals surface area (Å²) >= 11 is 0. The molecule has 1 aliphatic carbocycles. The molecule has 2 rings (SSSR count). The van der Waals surface area contributed by atoms with Crippen molar-refractivity contribution in [2.45, 2.75) is 58.3 Å². The molecule has 0 aliphatic heterocycles. The number of nitrogens with two attached hydrogens (primary N) is 1. The van der Waals surface area contributed by atoms with Crippen molar-refractivity contribution in [3.05, 3.63) is 5.82 Å². The van der Waals surface area contributed by atoms with Crippen LogP contribution in [0.2, 0.25) is 0 Å². The summed E-state index contributed by atoms with van der Waals surface area (Å²) < 4.78 is 5.73. The molecule has 0 saturated heterocycles. The first-order valence-electron chi connectivity index (χ1n) is 7.80. The van der Waals surface area contributed by atoms with E-state index in [0.29, 0.717) is 24.1 Å². The van der Waals surface area contributed by atoms with Crippen LogP contribution in [0, 0.1) is 0 Å². The number of nitrogen functional groups attached to an aromatic ring is 1. The van der Waals surface area contributed by atoms with E-state index in [-0.39, 0.29) is 0 Å². The van der Waals surface area contributed by atoms with Crippen LogP contribution in [-0.2, 0) is 0 Å². The van der Waals surface area contributed by atoms with Crippen LogP contribution in [0.25, 0.3) is 0 Å². The summed E-state index contributed by atoms with van der Waals surface area (Å²) in [6.07, 6.45) is 6.71. The SMILES string of the molecule is CCCCNc1nc(C2CC2)nc(OCCCC)c1N. The molecule has 0 amide bonds. The van der Waals surface area contributed by atoms with Gasteiger partial charge in [0.1, 0.15) is 11.5 Å². The topological polar surface area (TPSA) is 73.1 Å². The number of unbranched alkanes of at least 4 members (excludes halogenated alkanes) is 2. The van der Waals surface area contributed by atoms with Crippen LogP contribution in [0.4, 0.5) is 11.5 Å². The van der Waals surface area contributed by atoms with Gasteiger partial charge in [-0.3, -0.25) is 0 Å². The van der Waals surface area contributed by atoms with Gasteiger partial charge in [-0.15, -0.1) is 0 Å². The lowest BCUT2D eigenvalue weighted by atomic mass is 10.3. The molecule has 1 fully saturated rings. The average Bonchev–Trinajstić information content (AvgIpc) is 3.27. The standard InChI is InChI=1S/C15H26N4O/c1-3-5-9-17-14-12(16)15(20-10-6-4-2)19-13(18-14)11-7-8-11/h11H,3-10,16H2,1-2H3,(H,17,18,19). The lowest BCUT2D eigenvalue weighted by Crippen LogP contribution is -2.11. The maximum atomic E-state index is 6.12. The number of hydrogen-bond donors (Lipinski definition) is 2. The minimum absolute atomic E-state index is 0.496. The van der Waals surface area contributed by atoms with Gasteiger partial charge in [-0.1, -0.05) is 26.7 Å². The fraction of sp³-hybridized carbons (Fsp3) is 0.733. The van der Waals surface area contributed by atoms with Gasteiger partial charge in [0.15, 0.2) is 5.82 Å². The van der Waals surface area contributed by atoms with Crippen molar-refractivity contribution in [2.75, 3.05) is 24.2 Å². The lowest BCUT2D eigenvalue weighted by Gasteiger charge is -2.14. The van der Waals surface area contributed by atoms with E-state index in [9.17, 15) is 0 Å². The average molecular weight is 278 g/mol. The van der Waals surface area contributed by atoms with E-state index in [0.717, 1.165) is 43.9 Å². The molecule has 0 spiro atoms. The highest BCUT2D eigenvalue weighted by atomic mass is 16.5. The zero-order valence-corrected chi connectivity index (χ0v) is 12.6. The number of nitrogens with one attached hydrogen (secondary N) is 1. The summed E-state index contributed by atoms with van der Waals surface area (Å²) in [5.74, 6) is 2.66. The smallest absolute Gasteiger partial charge is 0.242 e. The molecule has 1 aliphatic rings. The normalized spacial score (nSPS) is 14.3. The predicted molar refractivity (Wildman–Crippen MR) is 82.2 cm³/mol. The summed E-state index contributed by atoms with van der Waals surface area (Å²) in [7, 11) is 0. The summed E-state index contributed by atoms with van der Waals surface area (Å²) in [6, 6.07) is 0. The van der Waals surface area contributed by atoms with Crippen LogP contribution >= 0.6 is 0 Å². The van der Waals surface area contributed by atoms with Crippen LogP contribution in [0.3, 0.4) is 0 Å². The highest BCUT2D eigenvalue weighted by Gasteiger charge is 2.28. The highest BCUT2D eigenvalue weighted by Crippen LogP contribution is 2.40. The van der Waals surface area contributed by atoms with Crippen molar-refractivity contribution < 1.29 is 4.74 Å². The molecule has 0 unspecified atom stereocenters. The van der Waals surface area contributed by atoms with Crippen molar-refractivity contribution in [3.63, 3.8) is 0 Å². The zero-order valence-electron chi connectivity index (χ0n) is 12.6. The number of rotatable bonds is 9. The zero-order chi connectivity index (χ0) is 14.4. The van der Waals surface area contributed by atoms with Gasteiger partial charge in [0.25, 0.3) is 0 Å². The number of anilines is 2. The number of nitrogens with zero attached hydrogens (tertiary/aromatic N) is 2. The molecule has 1 aromatic heterocycles. The second kappa shape index (κ2) is 7.31. The molecule has 0 aromatic carbocycles. The van der Waals surface area contributed by atoms with E-state index in [4.69, 9.17) is 10.5 Å². The van der Waals surface area contributed by atoms with Gasteiger partial charge in [-0.05, 0) is 25.7 Å². The third kappa shape index (κ3) is 3.99. The molecule has 1 aromatic rings. The third-order valence-electron chi connectivity index (χ3n) is 3.43. The van der Waals surface area contributed by atoms with E-state index in [1.54, 1.807) is 0 Å². The monoisotopic (exact) mass is 278 g/mol. The van der Waals surface area contributed by atoms with Crippen LogP contribution in [0.1, 0.15) is 64.1 Å². The minimum atomic E-state index is 0.496. The van der Waals surface area contributed by atoms with Gasteiger partial charge in [0, 0.05) is 12.5 Å². The fourth-order valence-electron chi connectivity index (χ4n) is 1.93. The number of hydrogen-bond acceptors (Lipinski definition) is 5. The Labute approximate surface area is 121 Å². The predicted octanol–water partition coefficient (Wildman–Crippen LogP) is 3.33. The molecule has 1 saturated carbocycles. The van der Waals surface area contributed by atoms with Gasteiger partial charge >= 0.3 is 0 Å². The van der Waals surface area contributed by atoms with Gasteiger partial charge in [0.05, 0.1) is 6.61 Å². The summed E-state index contributed by atoms with van der Waals surface area (Å²) in [5, 5.41) is 3.31. The first-order chi connectivity index (χ1) is 9.76. The number of ether oxygens (including phenoxy) is 1. The molecule has 20 heavy (non-hydrogen) atoms. The first-order valence-corrected chi connectivity index (χ1v) is 7.80. The van der Waals surface area contributed by atoms with Gasteiger partial charge in [0.2, 0.25) is 5.88 Å². The molecular formula is C15H26N4O. The second-order valence-corrected chi connectivity index (χ2v) is 5.41. The minimum Gasteiger partial charge on any atom is -0.476 e. The summed E-state index contributed by atoms with van der Waals surface area (Å²) in [6.45, 7) is 5.85. The maximum Gasteiger partial charge on any atom is 0.242 e. The molecular weight excluding hydrogens is 252 g/mol. The molecule has 0 bridgehead atoms. The third-order valence-corrected chi connectivity index (χ3v) is 3.43. The quantitative estimate of drug-likeness (QED) is 0.678. The van der Waals surface area contributed by atoms with Crippen molar-refractivity contribution >= 4 is 11.5 Å². The Hall–Kier alpha value is -1.52. The molecule has 0 radical (unpaired) electrons. The Morgan fingerprint density at radius 1 is 1.20 bits per heavy atom. The van der Waals surface area contributed by atoms with E-state index in [1.165, 1.54) is 12.8 Å². The summed E-state index contributed by atoms with van der Waals surface area (Å²) in [4.78, 5) is 9.06. The van der Waals surface area contributed by atoms with Crippen molar-refractivity contribution in [3.8, 4) is 5.88 Å². The van der Waals surface area contributed by atoms with Crippen molar-refractivity contribution in [2.24, 2.45) is 0 Å². The largest absolute Gasteiger partial charge is 0.476 e. The molecule has 1 heterocycles. The lowest BCUT2D eigenvalue weighted by molar-refractivity contribution is 0.298. The molecule has 112 valence electrons. The second-order valence-electron chi connectivity index (χ2n) is 5.41. The molecule has 0 atom stereocenters. The first kappa shape index (κ1) is 14.9. The molecule has 3 N–H and O–H groups in total. The van der Waals surface area contributed by atoms with E-state index in [2.05, 4.69) is 29.1 Å². The van der Waals surface area contributed by atoms with Crippen LogP contribution in [0.15, 0.2) is 0 Å². The number of aromatic nitrogens is 2. The van der Waals surface area contributed by atoms with E-state index < -0.39 is 0 Å². The van der Waals surface area contributed by atoms with Gasteiger partial charge in [-0.2, -0.15) is 4.98 Å². The van der Waals surface area contributed by atoms with Crippen molar-refractivity contribution in [1.82, 2.24) is 9.97 Å². The summed E-state index contributed by atoms with van der Waals surface area (Å²) in [5.41, 5.74) is 6.67. The van der Waals surface area contributed by atoms with Crippen LogP contribution < -0.4 is 15.8 Å². The Morgan fingerprint density at radius 2 is 1.95 bits per heavy atom. The Morgan fingerprint density at radius 3 is 2.60 bits per heavy atom. The van der Waals surface area contributed by atoms with Gasteiger partial charge < -0.3 is 15.8 Å². The molecule has 5 nitrogen and oxygen atoms in total. The Bertz CT molecular complexity index is 401. The van der Waals surface area contributed by atoms with E-state index >= 15 is 0 Å². The Balaban J connectivity index is 2.11. The van der Waals surface area contributed by atoms with Crippen LogP contribution in [-0.4, -0.2) is 23.1 Å². The van der Waals surface area contributed by atoms with Gasteiger partial charge in [-0.25, -0.2) is 4.98 Å². The Kier molecular flexibility index (Phi) is 5.44. The van der Waals surface area contributed by atoms with Crippen molar-refractivity contribution in [1.29, 1.82) is 0 Å². The maximum absolute atomic E-state index is 6.12. The van der Waals surface area contributed by atoms with E-state index in [1.807, 2.05) is 0 Å².